The van der Waals surface area contributed by atoms with Gasteiger partial charge in [-0.05, 0) is 72.3 Å². The molecule has 2 amide bonds. The summed E-state index contributed by atoms with van der Waals surface area (Å²) in [5, 5.41) is 4.01. The molecule has 0 aliphatic heterocycles. The lowest BCUT2D eigenvalue weighted by Crippen LogP contribution is -2.20. The predicted molar refractivity (Wildman–Crippen MR) is 124 cm³/mol. The first-order valence-corrected chi connectivity index (χ1v) is 10.5. The molecule has 3 N–H and O–H groups in total. The highest BCUT2D eigenvalue weighted by molar-refractivity contribution is 14.1. The molecule has 2 aromatic rings. The number of hydrazone groups is 1. The number of carbonyl (C=O) groups is 2. The topological polar surface area (TPSA) is 121 Å². The van der Waals surface area contributed by atoms with Crippen LogP contribution in [0.3, 0.4) is 0 Å². The molecule has 2 aromatic carbocycles. The van der Waals surface area contributed by atoms with Gasteiger partial charge in [0.1, 0.15) is 0 Å². The van der Waals surface area contributed by atoms with Crippen molar-refractivity contribution in [3.8, 4) is 23.0 Å². The minimum absolute atomic E-state index is 0.259. The highest BCUT2D eigenvalue weighted by Crippen LogP contribution is 2.34. The summed E-state index contributed by atoms with van der Waals surface area (Å²) in [6.07, 6.45) is 1.48. The Morgan fingerprint density at radius 2 is 1.77 bits per heavy atom. The van der Waals surface area contributed by atoms with Gasteiger partial charge >= 0.3 is 0 Å². The lowest BCUT2D eigenvalue weighted by Gasteiger charge is -2.13. The first kappa shape index (κ1) is 24.3. The van der Waals surface area contributed by atoms with Crippen LogP contribution in [0.4, 0.5) is 0 Å². The molecule has 0 fully saturated rings. The van der Waals surface area contributed by atoms with E-state index >= 15 is 0 Å². The molecule has 2 rings (SSSR count). The van der Waals surface area contributed by atoms with E-state index in [-0.39, 0.29) is 6.61 Å². The molecule has 0 heterocycles. The van der Waals surface area contributed by atoms with E-state index in [1.54, 1.807) is 30.3 Å². The van der Waals surface area contributed by atoms with Gasteiger partial charge in [-0.25, -0.2) is 5.43 Å². The van der Waals surface area contributed by atoms with Crippen LogP contribution in [0.5, 0.6) is 23.0 Å². The predicted octanol–water partition coefficient (Wildman–Crippen LogP) is 2.73. The number of amides is 2. The summed E-state index contributed by atoms with van der Waals surface area (Å²) in [7, 11) is 1.51. The van der Waals surface area contributed by atoms with Crippen LogP contribution in [0.2, 0.25) is 0 Å². The summed E-state index contributed by atoms with van der Waals surface area (Å²) >= 11 is 2.06. The standard InChI is InChI=1S/C21H24IN3O6/c1-4-29-16-7-6-14(10-17(16)28-3)21(27)25-24-11-13-8-15(22)20(31-12-19(23)26)18(9-13)30-5-2/h6-11H,4-5,12H2,1-3H3,(H2,23,26)(H,25,27)/b24-11+. The minimum atomic E-state index is -0.586. The number of methoxy groups -OCH3 is 1. The number of hydrogen-bond donors (Lipinski definition) is 2. The molecule has 166 valence electrons. The van der Waals surface area contributed by atoms with Crippen LogP contribution in [-0.4, -0.2) is 45.0 Å². The zero-order valence-electron chi connectivity index (χ0n) is 17.4. The van der Waals surface area contributed by atoms with Crippen LogP contribution in [0.1, 0.15) is 29.8 Å². The molecule has 0 radical (unpaired) electrons. The largest absolute Gasteiger partial charge is 0.493 e. The molecule has 0 saturated heterocycles. The van der Waals surface area contributed by atoms with Crippen molar-refractivity contribution in [3.63, 3.8) is 0 Å². The normalized spacial score (nSPS) is 10.6. The summed E-state index contributed by atoms with van der Waals surface area (Å²) in [6.45, 7) is 4.33. The van der Waals surface area contributed by atoms with Gasteiger partial charge in [-0.2, -0.15) is 5.10 Å². The Kier molecular flexibility index (Phi) is 9.38. The van der Waals surface area contributed by atoms with Gasteiger partial charge in [0.15, 0.2) is 29.6 Å². The lowest BCUT2D eigenvalue weighted by molar-refractivity contribution is -0.120. The number of nitrogens with zero attached hydrogens (tertiary/aromatic N) is 1. The number of hydrogen-bond acceptors (Lipinski definition) is 7. The van der Waals surface area contributed by atoms with E-state index < -0.39 is 11.8 Å². The van der Waals surface area contributed by atoms with E-state index in [1.807, 2.05) is 13.8 Å². The molecule has 0 unspecified atom stereocenters. The van der Waals surface area contributed by atoms with E-state index in [9.17, 15) is 9.59 Å². The van der Waals surface area contributed by atoms with Gasteiger partial charge in [0, 0.05) is 5.56 Å². The fourth-order valence-corrected chi connectivity index (χ4v) is 3.30. The van der Waals surface area contributed by atoms with E-state index in [2.05, 4.69) is 33.1 Å². The summed E-state index contributed by atoms with van der Waals surface area (Å²) in [5.41, 5.74) is 8.66. The molecule has 0 saturated carbocycles. The van der Waals surface area contributed by atoms with Gasteiger partial charge in [0.2, 0.25) is 0 Å². The highest BCUT2D eigenvalue weighted by Gasteiger charge is 2.13. The number of ether oxygens (including phenoxy) is 4. The van der Waals surface area contributed by atoms with Gasteiger partial charge in [0.05, 0.1) is 30.1 Å². The maximum Gasteiger partial charge on any atom is 0.271 e. The zero-order chi connectivity index (χ0) is 22.8. The van der Waals surface area contributed by atoms with Crippen LogP contribution < -0.4 is 30.1 Å². The van der Waals surface area contributed by atoms with E-state index in [0.29, 0.717) is 50.9 Å². The molecule has 0 bridgehead atoms. The Hall–Kier alpha value is -3.02. The van der Waals surface area contributed by atoms with E-state index in [4.69, 9.17) is 24.7 Å². The SMILES string of the molecule is CCOc1ccc(C(=O)N/N=C/c2cc(I)c(OCC(N)=O)c(OCC)c2)cc1OC. The Bertz CT molecular complexity index is 964. The van der Waals surface area contributed by atoms with Crippen LogP contribution in [-0.2, 0) is 4.79 Å². The molecular formula is C21H24IN3O6. The van der Waals surface area contributed by atoms with Crippen molar-refractivity contribution in [3.05, 3.63) is 45.0 Å². The Morgan fingerprint density at radius 1 is 1.06 bits per heavy atom. The van der Waals surface area contributed by atoms with Crippen LogP contribution in [0.15, 0.2) is 35.4 Å². The van der Waals surface area contributed by atoms with Crippen molar-refractivity contribution in [2.45, 2.75) is 13.8 Å². The zero-order valence-corrected chi connectivity index (χ0v) is 19.6. The summed E-state index contributed by atoms with van der Waals surface area (Å²) in [5.74, 6) is 0.891. The second-order valence-electron chi connectivity index (χ2n) is 6.02. The van der Waals surface area contributed by atoms with Gasteiger partial charge < -0.3 is 24.7 Å². The molecule has 9 nitrogen and oxygen atoms in total. The molecule has 10 heteroatoms. The van der Waals surface area contributed by atoms with Crippen LogP contribution in [0.25, 0.3) is 0 Å². The molecule has 0 atom stereocenters. The maximum absolute atomic E-state index is 12.4. The average Bonchev–Trinajstić information content (AvgIpc) is 2.73. The summed E-state index contributed by atoms with van der Waals surface area (Å²) in [6, 6.07) is 8.34. The number of primary amides is 1. The molecule has 0 aromatic heterocycles. The molecular weight excluding hydrogens is 517 g/mol. The van der Waals surface area contributed by atoms with Crippen molar-refractivity contribution in [2.24, 2.45) is 10.8 Å². The number of nitrogens with two attached hydrogens (primary N) is 1. The van der Waals surface area contributed by atoms with Gasteiger partial charge in [-0.1, -0.05) is 0 Å². The second kappa shape index (κ2) is 12.0. The third-order valence-corrected chi connectivity index (χ3v) is 4.60. The molecule has 31 heavy (non-hydrogen) atoms. The third kappa shape index (κ3) is 7.02. The van der Waals surface area contributed by atoms with Crippen molar-refractivity contribution >= 4 is 40.6 Å². The minimum Gasteiger partial charge on any atom is -0.493 e. The Labute approximate surface area is 194 Å². The van der Waals surface area contributed by atoms with Gasteiger partial charge in [-0.15, -0.1) is 0 Å². The lowest BCUT2D eigenvalue weighted by atomic mass is 10.2. The van der Waals surface area contributed by atoms with Crippen LogP contribution in [0, 0.1) is 3.57 Å². The number of rotatable bonds is 11. The Balaban J connectivity index is 2.14. The average molecular weight is 541 g/mol. The molecule has 0 aliphatic carbocycles. The second-order valence-corrected chi connectivity index (χ2v) is 7.18. The quantitative estimate of drug-likeness (QED) is 0.257. The van der Waals surface area contributed by atoms with Crippen molar-refractivity contribution < 1.29 is 28.5 Å². The third-order valence-electron chi connectivity index (χ3n) is 3.80. The fourth-order valence-electron chi connectivity index (χ4n) is 2.52. The fraction of sp³-hybridized carbons (Fsp3) is 0.286. The number of halogens is 1. The first-order valence-electron chi connectivity index (χ1n) is 9.41. The van der Waals surface area contributed by atoms with Crippen molar-refractivity contribution in [1.29, 1.82) is 0 Å². The van der Waals surface area contributed by atoms with Gasteiger partial charge in [0.25, 0.3) is 11.8 Å². The van der Waals surface area contributed by atoms with Gasteiger partial charge in [-0.3, -0.25) is 9.59 Å². The Morgan fingerprint density at radius 3 is 2.42 bits per heavy atom. The van der Waals surface area contributed by atoms with Crippen molar-refractivity contribution in [1.82, 2.24) is 5.43 Å². The summed E-state index contributed by atoms with van der Waals surface area (Å²) in [4.78, 5) is 23.4. The van der Waals surface area contributed by atoms with E-state index in [1.165, 1.54) is 13.3 Å². The monoisotopic (exact) mass is 541 g/mol. The van der Waals surface area contributed by atoms with Crippen molar-refractivity contribution in [2.75, 3.05) is 26.9 Å². The maximum atomic E-state index is 12.4. The number of benzene rings is 2. The first-order chi connectivity index (χ1) is 14.9. The molecule has 0 aliphatic rings. The number of carbonyl (C=O) groups excluding carboxylic acids is 2. The highest BCUT2D eigenvalue weighted by atomic mass is 127. The van der Waals surface area contributed by atoms with E-state index in [0.717, 1.165) is 0 Å². The van der Waals surface area contributed by atoms with Crippen LogP contribution >= 0.6 is 22.6 Å². The number of nitrogens with one attached hydrogen (secondary N) is 1. The molecule has 0 spiro atoms. The summed E-state index contributed by atoms with van der Waals surface area (Å²) < 4.78 is 22.4. The smallest absolute Gasteiger partial charge is 0.271 e.